The molecule has 75 valence electrons. The largest absolute Gasteiger partial charge is 0.508 e. The molecule has 0 saturated heterocycles. The van der Waals surface area contributed by atoms with E-state index in [-0.39, 0.29) is 17.5 Å². The van der Waals surface area contributed by atoms with Gasteiger partial charge in [-0.25, -0.2) is 4.39 Å². The average molecular weight is 193 g/mol. The minimum atomic E-state index is -0.284. The zero-order chi connectivity index (χ0) is 9.97. The van der Waals surface area contributed by atoms with E-state index in [0.29, 0.717) is 0 Å². The van der Waals surface area contributed by atoms with E-state index in [4.69, 9.17) is 5.11 Å². The summed E-state index contributed by atoms with van der Waals surface area (Å²) in [6.45, 7) is 0. The van der Waals surface area contributed by atoms with Gasteiger partial charge in [0.2, 0.25) is 0 Å². The minimum Gasteiger partial charge on any atom is -0.508 e. The SMILES string of the molecule is Oc1ccc(C2[CH]CCCC2)c(F)c1. The van der Waals surface area contributed by atoms with E-state index in [9.17, 15) is 4.39 Å². The van der Waals surface area contributed by atoms with Crippen molar-refractivity contribution in [2.75, 3.05) is 0 Å². The third kappa shape index (κ3) is 1.89. The Bertz CT molecular complexity index is 316. The van der Waals surface area contributed by atoms with Crippen LogP contribution in [-0.2, 0) is 0 Å². The fourth-order valence-electron chi connectivity index (χ4n) is 2.04. The van der Waals surface area contributed by atoms with Gasteiger partial charge in [0, 0.05) is 6.07 Å². The first-order valence-corrected chi connectivity index (χ1v) is 5.09. The number of benzene rings is 1. The van der Waals surface area contributed by atoms with E-state index in [0.717, 1.165) is 18.4 Å². The standard InChI is InChI=1S/C12H14FO/c13-12-8-10(14)6-7-11(12)9-4-2-1-3-5-9/h4,6-9,14H,1-3,5H2. The van der Waals surface area contributed by atoms with Crippen LogP contribution in [0.4, 0.5) is 4.39 Å². The summed E-state index contributed by atoms with van der Waals surface area (Å²) in [7, 11) is 0. The Labute approximate surface area is 83.6 Å². The van der Waals surface area contributed by atoms with Gasteiger partial charge in [-0.1, -0.05) is 18.9 Å². The number of hydrogen-bond acceptors (Lipinski definition) is 1. The molecule has 14 heavy (non-hydrogen) atoms. The zero-order valence-corrected chi connectivity index (χ0v) is 8.04. The molecule has 1 nitrogen and oxygen atoms in total. The summed E-state index contributed by atoms with van der Waals surface area (Å²) in [5, 5.41) is 9.09. The second-order valence-corrected chi connectivity index (χ2v) is 3.83. The normalized spacial score (nSPS) is 18.4. The Morgan fingerprint density at radius 2 is 2.14 bits per heavy atom. The Hall–Kier alpha value is -1.05. The van der Waals surface area contributed by atoms with Crippen molar-refractivity contribution >= 4 is 0 Å². The van der Waals surface area contributed by atoms with Crippen molar-refractivity contribution in [2.24, 2.45) is 0 Å². The van der Waals surface area contributed by atoms with E-state index < -0.39 is 0 Å². The van der Waals surface area contributed by atoms with Crippen molar-refractivity contribution in [1.29, 1.82) is 0 Å². The molecule has 1 atom stereocenters. The molecule has 2 heteroatoms. The lowest BCUT2D eigenvalue weighted by Gasteiger charge is -2.21. The monoisotopic (exact) mass is 193 g/mol. The molecule has 0 aromatic heterocycles. The van der Waals surface area contributed by atoms with Gasteiger partial charge in [0.1, 0.15) is 11.6 Å². The van der Waals surface area contributed by atoms with Gasteiger partial charge in [0.15, 0.2) is 0 Å². The van der Waals surface area contributed by atoms with Crippen LogP contribution in [0.15, 0.2) is 18.2 Å². The highest BCUT2D eigenvalue weighted by atomic mass is 19.1. The highest BCUT2D eigenvalue weighted by Crippen LogP contribution is 2.33. The fourth-order valence-corrected chi connectivity index (χ4v) is 2.04. The molecule has 0 heterocycles. The summed E-state index contributed by atoms with van der Waals surface area (Å²) in [4.78, 5) is 0. The number of hydrogen-bond donors (Lipinski definition) is 1. The van der Waals surface area contributed by atoms with Crippen molar-refractivity contribution in [3.63, 3.8) is 0 Å². The summed E-state index contributed by atoms with van der Waals surface area (Å²) < 4.78 is 13.5. The number of phenols is 1. The molecule has 1 aliphatic rings. The molecule has 0 spiro atoms. The lowest BCUT2D eigenvalue weighted by Crippen LogP contribution is -2.07. The molecule has 1 N–H and O–H groups in total. The van der Waals surface area contributed by atoms with E-state index in [2.05, 4.69) is 6.42 Å². The quantitative estimate of drug-likeness (QED) is 0.724. The summed E-state index contributed by atoms with van der Waals surface area (Å²) in [5.41, 5.74) is 0.725. The molecule has 0 bridgehead atoms. The molecule has 1 fully saturated rings. The van der Waals surface area contributed by atoms with Crippen molar-refractivity contribution < 1.29 is 9.50 Å². The molecular weight excluding hydrogens is 179 g/mol. The van der Waals surface area contributed by atoms with Crippen LogP contribution in [0.1, 0.15) is 37.2 Å². The van der Waals surface area contributed by atoms with Gasteiger partial charge in [-0.3, -0.25) is 0 Å². The Kier molecular flexibility index (Phi) is 2.71. The van der Waals surface area contributed by atoms with Crippen LogP contribution in [0.25, 0.3) is 0 Å². The fraction of sp³-hybridized carbons (Fsp3) is 0.417. The number of rotatable bonds is 1. The number of halogens is 1. The molecule has 1 aromatic rings. The van der Waals surface area contributed by atoms with Crippen LogP contribution in [-0.4, -0.2) is 5.11 Å². The third-order valence-corrected chi connectivity index (χ3v) is 2.80. The van der Waals surface area contributed by atoms with Crippen molar-refractivity contribution in [3.05, 3.63) is 36.0 Å². The summed E-state index contributed by atoms with van der Waals surface area (Å²) in [6.07, 6.45) is 6.67. The summed E-state index contributed by atoms with van der Waals surface area (Å²) in [6, 6.07) is 4.44. The average Bonchev–Trinajstić information content (AvgIpc) is 2.19. The molecule has 1 radical (unpaired) electrons. The first-order valence-electron chi connectivity index (χ1n) is 5.09. The van der Waals surface area contributed by atoms with Gasteiger partial charge in [0.25, 0.3) is 0 Å². The first kappa shape index (κ1) is 9.50. The van der Waals surface area contributed by atoms with Crippen LogP contribution >= 0.6 is 0 Å². The van der Waals surface area contributed by atoms with E-state index >= 15 is 0 Å². The predicted octanol–water partition coefficient (Wildman–Crippen LogP) is 3.39. The second kappa shape index (κ2) is 3.99. The van der Waals surface area contributed by atoms with Gasteiger partial charge >= 0.3 is 0 Å². The number of phenolic OH excluding ortho intramolecular Hbond substituents is 1. The Morgan fingerprint density at radius 1 is 1.29 bits per heavy atom. The Morgan fingerprint density at radius 3 is 2.79 bits per heavy atom. The smallest absolute Gasteiger partial charge is 0.130 e. The van der Waals surface area contributed by atoms with Crippen LogP contribution in [0.3, 0.4) is 0 Å². The van der Waals surface area contributed by atoms with Gasteiger partial charge in [0.05, 0.1) is 0 Å². The van der Waals surface area contributed by atoms with Gasteiger partial charge in [-0.2, -0.15) is 0 Å². The van der Waals surface area contributed by atoms with E-state index in [1.165, 1.54) is 18.9 Å². The molecule has 2 rings (SSSR count). The summed E-state index contributed by atoms with van der Waals surface area (Å²) >= 11 is 0. The molecule has 0 amide bonds. The maximum atomic E-state index is 13.5. The lowest BCUT2D eigenvalue weighted by molar-refractivity contribution is 0.463. The highest BCUT2D eigenvalue weighted by molar-refractivity contribution is 5.31. The van der Waals surface area contributed by atoms with Crippen molar-refractivity contribution in [3.8, 4) is 5.75 Å². The van der Waals surface area contributed by atoms with Gasteiger partial charge in [-0.15, -0.1) is 0 Å². The highest BCUT2D eigenvalue weighted by Gasteiger charge is 2.18. The predicted molar refractivity (Wildman–Crippen MR) is 53.6 cm³/mol. The zero-order valence-electron chi connectivity index (χ0n) is 8.04. The molecule has 1 aliphatic carbocycles. The molecule has 0 aliphatic heterocycles. The van der Waals surface area contributed by atoms with E-state index in [1.807, 2.05) is 0 Å². The van der Waals surface area contributed by atoms with Crippen molar-refractivity contribution in [1.82, 2.24) is 0 Å². The van der Waals surface area contributed by atoms with Gasteiger partial charge in [-0.05, 0) is 36.8 Å². The van der Waals surface area contributed by atoms with Gasteiger partial charge < -0.3 is 5.11 Å². The molecule has 1 unspecified atom stereocenters. The number of aromatic hydroxyl groups is 1. The molecule has 1 saturated carbocycles. The van der Waals surface area contributed by atoms with Crippen LogP contribution < -0.4 is 0 Å². The second-order valence-electron chi connectivity index (χ2n) is 3.83. The first-order chi connectivity index (χ1) is 6.77. The molecular formula is C12H14FO. The van der Waals surface area contributed by atoms with E-state index in [1.54, 1.807) is 12.1 Å². The van der Waals surface area contributed by atoms with Crippen LogP contribution in [0, 0.1) is 12.2 Å². The van der Waals surface area contributed by atoms with Crippen LogP contribution in [0.5, 0.6) is 5.75 Å². The Balaban J connectivity index is 2.22. The maximum Gasteiger partial charge on any atom is 0.130 e. The maximum absolute atomic E-state index is 13.5. The summed E-state index contributed by atoms with van der Waals surface area (Å²) in [5.74, 6) is -0.0421. The topological polar surface area (TPSA) is 20.2 Å². The molecule has 1 aromatic carbocycles. The van der Waals surface area contributed by atoms with Crippen molar-refractivity contribution in [2.45, 2.75) is 31.6 Å². The van der Waals surface area contributed by atoms with Crippen LogP contribution in [0.2, 0.25) is 0 Å². The minimum absolute atomic E-state index is 0.00191. The third-order valence-electron chi connectivity index (χ3n) is 2.80. The lowest BCUT2D eigenvalue weighted by atomic mass is 9.84.